The Hall–Kier alpha value is -1.53. The van der Waals surface area contributed by atoms with E-state index >= 15 is 0 Å². The predicted octanol–water partition coefficient (Wildman–Crippen LogP) is 2.89. The molecule has 2 aromatic heterocycles. The van der Waals surface area contributed by atoms with E-state index < -0.39 is 0 Å². The lowest BCUT2D eigenvalue weighted by atomic mass is 9.81. The van der Waals surface area contributed by atoms with Gasteiger partial charge in [0.25, 0.3) is 5.56 Å². The van der Waals surface area contributed by atoms with Crippen molar-refractivity contribution in [2.24, 2.45) is 5.92 Å². The van der Waals surface area contributed by atoms with Crippen molar-refractivity contribution in [2.45, 2.75) is 18.9 Å². The van der Waals surface area contributed by atoms with Crippen molar-refractivity contribution in [3.8, 4) is 10.4 Å². The summed E-state index contributed by atoms with van der Waals surface area (Å²) in [5.74, 6) is 1.41. The highest BCUT2D eigenvalue weighted by Crippen LogP contribution is 2.40. The van der Waals surface area contributed by atoms with E-state index in [0.717, 1.165) is 37.3 Å². The molecular weight excluding hydrogens is 340 g/mol. The Kier molecular flexibility index (Phi) is 4.26. The van der Waals surface area contributed by atoms with Gasteiger partial charge < -0.3 is 9.47 Å². The van der Waals surface area contributed by atoms with Crippen LogP contribution in [0, 0.1) is 5.92 Å². The number of nitrogens with zero attached hydrogens (tertiary/aromatic N) is 2. The molecule has 0 unspecified atom stereocenters. The number of amides is 1. The second-order valence-electron chi connectivity index (χ2n) is 6.59. The fourth-order valence-corrected chi connectivity index (χ4v) is 5.26. The van der Waals surface area contributed by atoms with Gasteiger partial charge in [-0.25, -0.2) is 0 Å². The first-order valence-electron chi connectivity index (χ1n) is 8.21. The molecule has 1 saturated heterocycles. The summed E-state index contributed by atoms with van der Waals surface area (Å²) >= 11 is 3.28. The van der Waals surface area contributed by atoms with E-state index in [-0.39, 0.29) is 17.4 Å². The summed E-state index contributed by atoms with van der Waals surface area (Å²) in [6.07, 6.45) is 3.04. The smallest absolute Gasteiger partial charge is 0.250 e. The van der Waals surface area contributed by atoms with Crippen molar-refractivity contribution in [3.05, 3.63) is 45.7 Å². The maximum atomic E-state index is 12.4. The molecule has 2 aliphatic heterocycles. The van der Waals surface area contributed by atoms with Crippen molar-refractivity contribution in [1.82, 2.24) is 9.47 Å². The molecule has 0 saturated carbocycles. The van der Waals surface area contributed by atoms with Gasteiger partial charge in [-0.15, -0.1) is 11.3 Å². The van der Waals surface area contributed by atoms with E-state index in [1.54, 1.807) is 29.2 Å². The molecule has 4 rings (SSSR count). The van der Waals surface area contributed by atoms with Crippen molar-refractivity contribution in [2.75, 3.05) is 25.1 Å². The average Bonchev–Trinajstić information content (AvgIpc) is 3.10. The van der Waals surface area contributed by atoms with Gasteiger partial charge >= 0.3 is 0 Å². The number of pyridine rings is 1. The molecule has 2 aromatic rings. The van der Waals surface area contributed by atoms with Gasteiger partial charge in [0.05, 0.1) is 5.75 Å². The molecule has 4 nitrogen and oxygen atoms in total. The number of carbonyl (C=O) groups excluding carboxylic acids is 1. The normalized spacial score (nSPS) is 22.3. The van der Waals surface area contributed by atoms with E-state index in [2.05, 4.69) is 11.4 Å². The molecule has 2 bridgehead atoms. The van der Waals surface area contributed by atoms with Crippen molar-refractivity contribution < 1.29 is 4.79 Å². The van der Waals surface area contributed by atoms with Gasteiger partial charge in [0, 0.05) is 47.8 Å². The van der Waals surface area contributed by atoms with Crippen LogP contribution in [0.15, 0.2) is 34.4 Å². The summed E-state index contributed by atoms with van der Waals surface area (Å²) in [5.41, 5.74) is 2.37. The molecule has 0 aliphatic carbocycles. The zero-order valence-corrected chi connectivity index (χ0v) is 15.2. The molecule has 0 aromatic carbocycles. The van der Waals surface area contributed by atoms with E-state index in [9.17, 15) is 9.59 Å². The van der Waals surface area contributed by atoms with Crippen LogP contribution in [-0.4, -0.2) is 40.5 Å². The van der Waals surface area contributed by atoms with Crippen LogP contribution in [0.2, 0.25) is 0 Å². The summed E-state index contributed by atoms with van der Waals surface area (Å²) in [4.78, 5) is 28.0. The summed E-state index contributed by atoms with van der Waals surface area (Å²) in [6, 6.07) is 7.80. The maximum absolute atomic E-state index is 12.4. The number of likely N-dealkylation sites (tertiary alicyclic amines) is 1. The van der Waals surface area contributed by atoms with Crippen molar-refractivity contribution >= 4 is 29.0 Å². The lowest BCUT2D eigenvalue weighted by Crippen LogP contribution is -2.49. The number of hydrogen-bond donors (Lipinski definition) is 0. The Morgan fingerprint density at radius 2 is 2.17 bits per heavy atom. The van der Waals surface area contributed by atoms with Gasteiger partial charge in [-0.1, -0.05) is 6.07 Å². The van der Waals surface area contributed by atoms with E-state index in [0.29, 0.717) is 11.7 Å². The third-order valence-corrected chi connectivity index (χ3v) is 6.44. The summed E-state index contributed by atoms with van der Waals surface area (Å²) < 4.78 is 1.96. The minimum atomic E-state index is 0.0869. The standard InChI is InChI=1S/C18H20N2O2S2/c1-23-11-17(22)19-8-12-7-13(10-19)18-14(15-3-2-6-24-15)4-5-16(21)20(18)9-12/h2-6,12-13H,7-11H2,1H3/t12-,13-/m1/s1. The van der Waals surface area contributed by atoms with E-state index in [1.807, 2.05) is 27.9 Å². The Bertz CT molecular complexity index is 813. The van der Waals surface area contributed by atoms with Gasteiger partial charge in [-0.05, 0) is 36.1 Å². The first-order valence-corrected chi connectivity index (χ1v) is 10.5. The molecule has 6 heteroatoms. The molecule has 0 spiro atoms. The number of carbonyl (C=O) groups is 1. The Morgan fingerprint density at radius 1 is 1.29 bits per heavy atom. The highest BCUT2D eigenvalue weighted by atomic mass is 32.2. The van der Waals surface area contributed by atoms with Crippen LogP contribution in [0.4, 0.5) is 0 Å². The van der Waals surface area contributed by atoms with Crippen LogP contribution >= 0.6 is 23.1 Å². The quantitative estimate of drug-likeness (QED) is 0.845. The van der Waals surface area contributed by atoms with Crippen LogP contribution in [0.1, 0.15) is 18.0 Å². The molecule has 4 heterocycles. The summed E-state index contributed by atoms with van der Waals surface area (Å²) in [6.45, 7) is 2.25. The fourth-order valence-electron chi connectivity index (χ4n) is 4.07. The predicted molar refractivity (Wildman–Crippen MR) is 99.8 cm³/mol. The molecular formula is C18H20N2O2S2. The maximum Gasteiger partial charge on any atom is 0.250 e. The Labute approximate surface area is 149 Å². The zero-order chi connectivity index (χ0) is 16.7. The van der Waals surface area contributed by atoms with Gasteiger partial charge in [0.15, 0.2) is 0 Å². The third-order valence-electron chi connectivity index (χ3n) is 5.00. The van der Waals surface area contributed by atoms with Gasteiger partial charge in [0.1, 0.15) is 0 Å². The minimum absolute atomic E-state index is 0.0869. The van der Waals surface area contributed by atoms with Crippen LogP contribution < -0.4 is 5.56 Å². The molecule has 1 amide bonds. The van der Waals surface area contributed by atoms with E-state index in [1.165, 1.54) is 4.88 Å². The number of aromatic nitrogens is 1. The average molecular weight is 361 g/mol. The minimum Gasteiger partial charge on any atom is -0.341 e. The second-order valence-corrected chi connectivity index (χ2v) is 8.40. The Morgan fingerprint density at radius 3 is 2.92 bits per heavy atom. The number of piperidine rings is 1. The SMILES string of the molecule is CSCC(=O)N1C[C@H]2C[C@H](C1)c1c(-c3cccs3)ccc(=O)n1C2. The van der Waals surface area contributed by atoms with Gasteiger partial charge in [0.2, 0.25) is 5.91 Å². The topological polar surface area (TPSA) is 42.3 Å². The van der Waals surface area contributed by atoms with E-state index in [4.69, 9.17) is 0 Å². The highest BCUT2D eigenvalue weighted by molar-refractivity contribution is 7.99. The molecule has 2 atom stereocenters. The Balaban J connectivity index is 1.76. The molecule has 0 radical (unpaired) electrons. The summed E-state index contributed by atoms with van der Waals surface area (Å²) in [7, 11) is 0. The monoisotopic (exact) mass is 360 g/mol. The zero-order valence-electron chi connectivity index (χ0n) is 13.6. The van der Waals surface area contributed by atoms with Crippen LogP contribution in [0.25, 0.3) is 10.4 Å². The molecule has 24 heavy (non-hydrogen) atoms. The molecule has 2 aliphatic rings. The van der Waals surface area contributed by atoms with Crippen LogP contribution in [0.5, 0.6) is 0 Å². The van der Waals surface area contributed by atoms with Crippen LogP contribution in [-0.2, 0) is 11.3 Å². The lowest BCUT2D eigenvalue weighted by molar-refractivity contribution is -0.131. The van der Waals surface area contributed by atoms with Crippen molar-refractivity contribution in [3.63, 3.8) is 0 Å². The number of hydrogen-bond acceptors (Lipinski definition) is 4. The molecule has 126 valence electrons. The van der Waals surface area contributed by atoms with Crippen LogP contribution in [0.3, 0.4) is 0 Å². The third kappa shape index (κ3) is 2.71. The summed E-state index contributed by atoms with van der Waals surface area (Å²) in [5, 5.41) is 2.07. The largest absolute Gasteiger partial charge is 0.341 e. The lowest BCUT2D eigenvalue weighted by Gasteiger charge is -2.43. The fraction of sp³-hybridized carbons (Fsp3) is 0.444. The number of thioether (sulfide) groups is 1. The second kappa shape index (κ2) is 6.41. The number of rotatable bonds is 3. The molecule has 1 fully saturated rings. The van der Waals surface area contributed by atoms with Gasteiger partial charge in [-0.2, -0.15) is 11.8 Å². The first kappa shape index (κ1) is 16.0. The number of fused-ring (bicyclic) bond motifs is 4. The van der Waals surface area contributed by atoms with Gasteiger partial charge in [-0.3, -0.25) is 9.59 Å². The first-order chi connectivity index (χ1) is 11.7. The van der Waals surface area contributed by atoms with Crippen molar-refractivity contribution in [1.29, 1.82) is 0 Å². The number of thiophene rings is 1. The molecule has 0 N–H and O–H groups in total. The highest BCUT2D eigenvalue weighted by Gasteiger charge is 2.37.